The molecule has 2 aliphatic carbocycles. The third-order valence-corrected chi connectivity index (χ3v) is 12.6. The number of amides is 2. The average molecular weight is 808 g/mol. The second kappa shape index (κ2) is 17.6. The molecule has 0 bridgehead atoms. The van der Waals surface area contributed by atoms with Gasteiger partial charge < -0.3 is 10.6 Å². The van der Waals surface area contributed by atoms with Crippen molar-refractivity contribution in [1.82, 2.24) is 0 Å². The minimum absolute atomic E-state index is 0.0322. The normalized spacial score (nSPS) is 13.2. The summed E-state index contributed by atoms with van der Waals surface area (Å²) in [5, 5.41) is 14.9. The first kappa shape index (κ1) is 40.2. The van der Waals surface area contributed by atoms with Crippen molar-refractivity contribution in [2.45, 2.75) is 59.3 Å². The van der Waals surface area contributed by atoms with Gasteiger partial charge in [0.2, 0.25) is 0 Å². The van der Waals surface area contributed by atoms with Gasteiger partial charge in [-0.3, -0.25) is 19.2 Å². The summed E-state index contributed by atoms with van der Waals surface area (Å²) in [4.78, 5) is 53.3. The van der Waals surface area contributed by atoms with Crippen molar-refractivity contribution in [3.05, 3.63) is 152 Å². The van der Waals surface area contributed by atoms with E-state index in [-0.39, 0.29) is 28.9 Å². The number of halogens is 1. The second-order valence-corrected chi connectivity index (χ2v) is 17.2. The number of nitrogens with zero attached hydrogens (tertiary/aromatic N) is 1. The van der Waals surface area contributed by atoms with E-state index < -0.39 is 5.82 Å². The van der Waals surface area contributed by atoms with E-state index in [1.54, 1.807) is 30.3 Å². The molecule has 0 saturated heterocycles. The number of benzene rings is 4. The highest BCUT2D eigenvalue weighted by Crippen LogP contribution is 2.36. The molecule has 0 aliphatic heterocycles. The summed E-state index contributed by atoms with van der Waals surface area (Å²) in [5.41, 5.74) is 7.43. The van der Waals surface area contributed by atoms with E-state index in [1.807, 2.05) is 68.4 Å². The van der Waals surface area contributed by atoms with Crippen molar-refractivity contribution in [2.24, 2.45) is 11.8 Å². The molecule has 0 spiro atoms. The van der Waals surface area contributed by atoms with Gasteiger partial charge in [0.25, 0.3) is 11.8 Å². The van der Waals surface area contributed by atoms with Crippen LogP contribution < -0.4 is 10.6 Å². The number of hydrogen-bond donors (Lipinski definition) is 2. The molecule has 2 N–H and O–H groups in total. The maximum Gasteiger partial charge on any atom is 0.265 e. The third kappa shape index (κ3) is 9.91. The molecule has 2 fully saturated rings. The number of hydrogen-bond acceptors (Lipinski definition) is 7. The van der Waals surface area contributed by atoms with Gasteiger partial charge in [-0.15, -0.1) is 22.7 Å². The molecule has 2 aliphatic rings. The molecule has 292 valence electrons. The van der Waals surface area contributed by atoms with Crippen LogP contribution in [0.3, 0.4) is 0 Å². The number of anilines is 2. The van der Waals surface area contributed by atoms with Crippen molar-refractivity contribution < 1.29 is 23.6 Å². The molecule has 6 aromatic rings. The molecule has 0 atom stereocenters. The predicted molar refractivity (Wildman–Crippen MR) is 231 cm³/mol. The van der Waals surface area contributed by atoms with Crippen molar-refractivity contribution in [1.29, 1.82) is 5.26 Å². The van der Waals surface area contributed by atoms with Gasteiger partial charge in [-0.1, -0.05) is 54.6 Å². The number of aryl methyl sites for hydroxylation is 3. The van der Waals surface area contributed by atoms with E-state index in [2.05, 4.69) is 29.7 Å². The van der Waals surface area contributed by atoms with Crippen molar-refractivity contribution in [3.63, 3.8) is 0 Å². The van der Waals surface area contributed by atoms with Crippen LogP contribution in [0.15, 0.2) is 103 Å². The number of nitrogens with one attached hydrogen (secondary N) is 2. The van der Waals surface area contributed by atoms with E-state index in [1.165, 1.54) is 40.4 Å². The fourth-order valence-corrected chi connectivity index (χ4v) is 8.35. The molecule has 0 radical (unpaired) electrons. The molecule has 10 heteroatoms. The summed E-state index contributed by atoms with van der Waals surface area (Å²) >= 11 is 2.74. The van der Waals surface area contributed by atoms with Crippen LogP contribution in [0, 0.1) is 49.8 Å². The zero-order valence-corrected chi connectivity index (χ0v) is 34.1. The molecule has 58 heavy (non-hydrogen) atoms. The van der Waals surface area contributed by atoms with Crippen LogP contribution >= 0.6 is 22.7 Å². The Morgan fingerprint density at radius 1 is 0.638 bits per heavy atom. The van der Waals surface area contributed by atoms with E-state index in [4.69, 9.17) is 5.26 Å². The number of rotatable bonds is 12. The standard InChI is InChI=1S/C24H19FN2O2S.C24H23NO2S/c1-14-2-5-16(21(28)10-15-3-4-15)12-20(14)27-24(29)23-9-8-22(30-23)17-6-7-19(25)18(11-17)13-26;1-15-5-3-4-6-19(15)22-11-12-23(28-22)24(27)25-20-14-18(10-7-16(20)2)21(26)13-17-8-9-17/h2,5-9,11-12,15H,3-4,10H2,1H3,(H,27,29);3-7,10-12,14,17H,8-9,13H2,1-2H3,(H,25,27). The smallest absolute Gasteiger partial charge is 0.265 e. The Morgan fingerprint density at radius 2 is 1.16 bits per heavy atom. The molecular formula is C48H42FN3O4S2. The van der Waals surface area contributed by atoms with E-state index >= 15 is 0 Å². The SMILES string of the molecule is Cc1ccc(C(=O)CC2CC2)cc1NC(=O)c1ccc(-c2ccc(F)c(C#N)c2)s1.Cc1ccc(C(=O)CC2CC2)cc1NC(=O)c1ccc(-c2ccccc2C)s1. The summed E-state index contributed by atoms with van der Waals surface area (Å²) in [6.45, 7) is 5.90. The van der Waals surface area contributed by atoms with Gasteiger partial charge in [0, 0.05) is 45.1 Å². The summed E-state index contributed by atoms with van der Waals surface area (Å²) in [6, 6.07) is 32.6. The molecule has 2 saturated carbocycles. The number of ketones is 2. The lowest BCUT2D eigenvalue weighted by molar-refractivity contribution is 0.0968. The lowest BCUT2D eigenvalue weighted by Gasteiger charge is -2.10. The van der Waals surface area contributed by atoms with Gasteiger partial charge in [-0.2, -0.15) is 5.26 Å². The number of Topliss-reactive ketones (excluding diaryl/α,β-unsaturated/α-hetero) is 2. The third-order valence-electron chi connectivity index (χ3n) is 10.4. The Labute approximate surface area is 345 Å². The minimum atomic E-state index is -0.567. The van der Waals surface area contributed by atoms with Crippen LogP contribution in [0.2, 0.25) is 0 Å². The van der Waals surface area contributed by atoms with E-state index in [9.17, 15) is 23.6 Å². The van der Waals surface area contributed by atoms with Crippen LogP contribution in [0.5, 0.6) is 0 Å². The Morgan fingerprint density at radius 3 is 1.67 bits per heavy atom. The largest absolute Gasteiger partial charge is 0.321 e. The summed E-state index contributed by atoms with van der Waals surface area (Å²) in [5.74, 6) is 0.352. The van der Waals surface area contributed by atoms with E-state index in [0.29, 0.717) is 62.5 Å². The number of thiophene rings is 2. The van der Waals surface area contributed by atoms with Gasteiger partial charge in [0.15, 0.2) is 11.6 Å². The lowest BCUT2D eigenvalue weighted by atomic mass is 10.0. The fourth-order valence-electron chi connectivity index (χ4n) is 6.47. The molecule has 2 aromatic heterocycles. The number of nitriles is 1. The Hall–Kier alpha value is -6.02. The molecule has 2 heterocycles. The Kier molecular flexibility index (Phi) is 12.2. The molecule has 0 unspecified atom stereocenters. The zero-order valence-electron chi connectivity index (χ0n) is 32.5. The van der Waals surface area contributed by atoms with Gasteiger partial charge in [-0.05, 0) is 135 Å². The lowest BCUT2D eigenvalue weighted by Crippen LogP contribution is -2.12. The van der Waals surface area contributed by atoms with Crippen LogP contribution in [0.25, 0.3) is 20.9 Å². The highest BCUT2D eigenvalue weighted by molar-refractivity contribution is 7.17. The first-order valence-corrected chi connectivity index (χ1v) is 20.9. The Balaban J connectivity index is 0.000000177. The van der Waals surface area contributed by atoms with Crippen molar-refractivity contribution in [2.75, 3.05) is 10.6 Å². The summed E-state index contributed by atoms with van der Waals surface area (Å²) in [6.07, 6.45) is 5.72. The highest BCUT2D eigenvalue weighted by atomic mass is 32.1. The molecular weight excluding hydrogens is 766 g/mol. The number of carbonyl (C=O) groups is 4. The number of carbonyl (C=O) groups excluding carboxylic acids is 4. The topological polar surface area (TPSA) is 116 Å². The minimum Gasteiger partial charge on any atom is -0.321 e. The first-order chi connectivity index (χ1) is 27.9. The molecule has 2 amide bonds. The van der Waals surface area contributed by atoms with Crippen LogP contribution in [-0.4, -0.2) is 23.4 Å². The second-order valence-electron chi connectivity index (χ2n) is 15.1. The van der Waals surface area contributed by atoms with Crippen LogP contribution in [0.4, 0.5) is 15.8 Å². The fraction of sp³-hybridized carbons (Fsp3) is 0.229. The predicted octanol–water partition coefficient (Wildman–Crippen LogP) is 12.2. The zero-order chi connectivity index (χ0) is 40.9. The maximum absolute atomic E-state index is 13.6. The van der Waals surface area contributed by atoms with Gasteiger partial charge in [0.05, 0.1) is 15.3 Å². The van der Waals surface area contributed by atoms with Crippen LogP contribution in [-0.2, 0) is 0 Å². The van der Waals surface area contributed by atoms with Gasteiger partial charge in [0.1, 0.15) is 11.9 Å². The van der Waals surface area contributed by atoms with Gasteiger partial charge >= 0.3 is 0 Å². The van der Waals surface area contributed by atoms with E-state index in [0.717, 1.165) is 52.1 Å². The molecule has 4 aromatic carbocycles. The molecule has 7 nitrogen and oxygen atoms in total. The first-order valence-electron chi connectivity index (χ1n) is 19.3. The van der Waals surface area contributed by atoms with Crippen LogP contribution in [0.1, 0.15) is 101 Å². The quantitative estimate of drug-likeness (QED) is 0.119. The Bertz CT molecular complexity index is 2590. The van der Waals surface area contributed by atoms with Crippen molar-refractivity contribution in [3.8, 4) is 27.0 Å². The maximum atomic E-state index is 13.6. The summed E-state index contributed by atoms with van der Waals surface area (Å²) in [7, 11) is 0. The molecule has 8 rings (SSSR count). The van der Waals surface area contributed by atoms with Crippen molar-refractivity contribution >= 4 is 57.4 Å². The summed E-state index contributed by atoms with van der Waals surface area (Å²) < 4.78 is 13.6. The average Bonchev–Trinajstić information content (AvgIpc) is 4.11. The monoisotopic (exact) mass is 807 g/mol. The highest BCUT2D eigenvalue weighted by Gasteiger charge is 2.26. The van der Waals surface area contributed by atoms with Gasteiger partial charge in [-0.25, -0.2) is 4.39 Å².